The lowest BCUT2D eigenvalue weighted by molar-refractivity contribution is -0.121. The molecule has 6 nitrogen and oxygen atoms in total. The fourth-order valence-electron chi connectivity index (χ4n) is 2.30. The zero-order valence-corrected chi connectivity index (χ0v) is 11.2. The van der Waals surface area contributed by atoms with E-state index in [0.29, 0.717) is 17.1 Å². The second-order valence-corrected chi connectivity index (χ2v) is 5.56. The lowest BCUT2D eigenvalue weighted by atomic mass is 9.96. The van der Waals surface area contributed by atoms with E-state index in [1.165, 1.54) is 0 Å². The van der Waals surface area contributed by atoms with E-state index < -0.39 is 5.54 Å². The van der Waals surface area contributed by atoms with Gasteiger partial charge >= 0.3 is 0 Å². The highest BCUT2D eigenvalue weighted by molar-refractivity contribution is 6.00. The summed E-state index contributed by atoms with van der Waals surface area (Å²) in [6, 6.07) is 5.12. The van der Waals surface area contributed by atoms with Crippen molar-refractivity contribution in [1.29, 1.82) is 0 Å². The molecule has 1 heterocycles. The van der Waals surface area contributed by atoms with E-state index in [1.807, 2.05) is 0 Å². The highest BCUT2D eigenvalue weighted by Crippen LogP contribution is 2.39. The third-order valence-corrected chi connectivity index (χ3v) is 3.78. The van der Waals surface area contributed by atoms with Crippen molar-refractivity contribution >= 4 is 23.2 Å². The molecule has 1 aliphatic heterocycles. The molecule has 3 rings (SSSR count). The minimum absolute atomic E-state index is 0.0151. The summed E-state index contributed by atoms with van der Waals surface area (Å²) in [6.07, 6.45) is 1.99. The van der Waals surface area contributed by atoms with Crippen LogP contribution >= 0.6 is 0 Å². The molecule has 2 amide bonds. The number of hydrogen-bond donors (Lipinski definition) is 3. The number of anilines is 2. The molecule has 1 aliphatic carbocycles. The first kappa shape index (κ1) is 12.9. The van der Waals surface area contributed by atoms with Crippen molar-refractivity contribution in [2.45, 2.75) is 25.3 Å². The van der Waals surface area contributed by atoms with Crippen LogP contribution in [-0.4, -0.2) is 24.0 Å². The van der Waals surface area contributed by atoms with Crippen molar-refractivity contribution in [2.75, 3.05) is 17.2 Å². The van der Waals surface area contributed by atoms with E-state index in [2.05, 4.69) is 10.6 Å². The van der Waals surface area contributed by atoms with Gasteiger partial charge in [0.15, 0.2) is 6.61 Å². The van der Waals surface area contributed by atoms with Gasteiger partial charge in [0.1, 0.15) is 5.75 Å². The number of ether oxygens (including phenoxy) is 1. The predicted octanol–water partition coefficient (Wildman–Crippen LogP) is 1.08. The second kappa shape index (κ2) is 4.49. The van der Waals surface area contributed by atoms with Gasteiger partial charge in [-0.25, -0.2) is 0 Å². The van der Waals surface area contributed by atoms with E-state index in [1.54, 1.807) is 25.1 Å². The van der Waals surface area contributed by atoms with Gasteiger partial charge in [0.2, 0.25) is 5.91 Å². The number of benzene rings is 1. The van der Waals surface area contributed by atoms with Crippen LogP contribution in [0, 0.1) is 5.92 Å². The molecule has 1 saturated carbocycles. The van der Waals surface area contributed by atoms with E-state index in [9.17, 15) is 9.59 Å². The Morgan fingerprint density at radius 3 is 2.95 bits per heavy atom. The number of nitrogens with two attached hydrogens (primary N) is 1. The Hall–Kier alpha value is -2.08. The Morgan fingerprint density at radius 1 is 1.50 bits per heavy atom. The van der Waals surface area contributed by atoms with Crippen LogP contribution in [0.4, 0.5) is 11.4 Å². The molecule has 0 radical (unpaired) electrons. The van der Waals surface area contributed by atoms with Crippen molar-refractivity contribution in [2.24, 2.45) is 11.7 Å². The number of hydrogen-bond acceptors (Lipinski definition) is 4. The predicted molar refractivity (Wildman–Crippen MR) is 74.5 cm³/mol. The molecule has 6 heteroatoms. The summed E-state index contributed by atoms with van der Waals surface area (Å²) in [7, 11) is 0. The van der Waals surface area contributed by atoms with Gasteiger partial charge in [0.25, 0.3) is 5.91 Å². The Kier molecular flexibility index (Phi) is 2.90. The maximum atomic E-state index is 12.2. The van der Waals surface area contributed by atoms with Crippen LogP contribution in [0.5, 0.6) is 5.75 Å². The summed E-state index contributed by atoms with van der Waals surface area (Å²) < 4.78 is 5.26. The molecule has 0 spiro atoms. The van der Waals surface area contributed by atoms with Crippen molar-refractivity contribution in [1.82, 2.24) is 0 Å². The monoisotopic (exact) mass is 275 g/mol. The molecule has 0 saturated heterocycles. The Morgan fingerprint density at radius 2 is 2.25 bits per heavy atom. The van der Waals surface area contributed by atoms with E-state index in [0.717, 1.165) is 12.8 Å². The van der Waals surface area contributed by atoms with Gasteiger partial charge < -0.3 is 21.1 Å². The molecular weight excluding hydrogens is 258 g/mol. The van der Waals surface area contributed by atoms with Crippen LogP contribution in [0.25, 0.3) is 0 Å². The van der Waals surface area contributed by atoms with Gasteiger partial charge in [-0.2, -0.15) is 0 Å². The van der Waals surface area contributed by atoms with Crippen LogP contribution < -0.4 is 21.1 Å². The van der Waals surface area contributed by atoms with Gasteiger partial charge in [0.05, 0.1) is 11.2 Å². The summed E-state index contributed by atoms with van der Waals surface area (Å²) in [6.45, 7) is 1.77. The number of carbonyl (C=O) groups excluding carboxylic acids is 2. The largest absolute Gasteiger partial charge is 0.482 e. The number of amides is 2. The number of fused-ring (bicyclic) bond motifs is 1. The van der Waals surface area contributed by atoms with Crippen molar-refractivity contribution in [3.63, 3.8) is 0 Å². The van der Waals surface area contributed by atoms with E-state index in [4.69, 9.17) is 10.5 Å². The standard InChI is InChI=1S/C14H17N3O3/c1-14(15,8-2-3-8)13(19)16-9-4-5-11-10(6-9)17-12(18)7-20-11/h4-6,8H,2-3,7,15H2,1H3,(H,16,19)(H,17,18). The first-order valence-corrected chi connectivity index (χ1v) is 6.64. The van der Waals surface area contributed by atoms with Crippen LogP contribution in [0.2, 0.25) is 0 Å². The smallest absolute Gasteiger partial charge is 0.262 e. The fourth-order valence-corrected chi connectivity index (χ4v) is 2.30. The van der Waals surface area contributed by atoms with Crippen LogP contribution in [0.3, 0.4) is 0 Å². The molecule has 1 aromatic carbocycles. The lowest BCUT2D eigenvalue weighted by Gasteiger charge is -2.24. The minimum Gasteiger partial charge on any atom is -0.482 e. The molecule has 1 unspecified atom stereocenters. The Balaban J connectivity index is 1.76. The molecule has 4 N–H and O–H groups in total. The highest BCUT2D eigenvalue weighted by atomic mass is 16.5. The second-order valence-electron chi connectivity index (χ2n) is 5.56. The Labute approximate surface area is 116 Å². The number of rotatable bonds is 3. The van der Waals surface area contributed by atoms with Crippen molar-refractivity contribution in [3.8, 4) is 5.75 Å². The maximum absolute atomic E-state index is 12.2. The molecule has 0 aromatic heterocycles. The topological polar surface area (TPSA) is 93.5 Å². The SMILES string of the molecule is CC(N)(C(=O)Nc1ccc2c(c1)NC(=O)CO2)C1CC1. The maximum Gasteiger partial charge on any atom is 0.262 e. The first-order chi connectivity index (χ1) is 9.46. The summed E-state index contributed by atoms with van der Waals surface area (Å²) in [5.74, 6) is 0.439. The summed E-state index contributed by atoms with van der Waals surface area (Å²) >= 11 is 0. The zero-order chi connectivity index (χ0) is 14.3. The van der Waals surface area contributed by atoms with Crippen molar-refractivity contribution < 1.29 is 14.3 Å². The third-order valence-electron chi connectivity index (χ3n) is 3.78. The number of nitrogens with one attached hydrogen (secondary N) is 2. The van der Waals surface area contributed by atoms with Gasteiger partial charge in [-0.05, 0) is 43.9 Å². The average Bonchev–Trinajstić information content (AvgIpc) is 3.22. The number of carbonyl (C=O) groups is 2. The normalized spacial score (nSPS) is 20.2. The molecule has 0 bridgehead atoms. The molecule has 20 heavy (non-hydrogen) atoms. The molecular formula is C14H17N3O3. The minimum atomic E-state index is -0.852. The highest BCUT2D eigenvalue weighted by Gasteiger charge is 2.44. The summed E-state index contributed by atoms with van der Waals surface area (Å²) in [5, 5.41) is 5.50. The molecule has 2 aliphatic rings. The molecule has 1 aromatic rings. The average molecular weight is 275 g/mol. The van der Waals surface area contributed by atoms with Gasteiger partial charge in [-0.3, -0.25) is 9.59 Å². The molecule has 1 fully saturated rings. The van der Waals surface area contributed by atoms with Crippen LogP contribution in [0.1, 0.15) is 19.8 Å². The fraction of sp³-hybridized carbons (Fsp3) is 0.429. The van der Waals surface area contributed by atoms with Crippen LogP contribution in [-0.2, 0) is 9.59 Å². The summed E-state index contributed by atoms with van der Waals surface area (Å²) in [5.41, 5.74) is 6.37. The van der Waals surface area contributed by atoms with Crippen molar-refractivity contribution in [3.05, 3.63) is 18.2 Å². The van der Waals surface area contributed by atoms with Gasteiger partial charge in [-0.1, -0.05) is 0 Å². The van der Waals surface area contributed by atoms with E-state index >= 15 is 0 Å². The van der Waals surface area contributed by atoms with Gasteiger partial charge in [0, 0.05) is 5.69 Å². The Bertz CT molecular complexity index is 579. The van der Waals surface area contributed by atoms with E-state index in [-0.39, 0.29) is 24.3 Å². The quantitative estimate of drug-likeness (QED) is 0.769. The van der Waals surface area contributed by atoms with Crippen LogP contribution in [0.15, 0.2) is 18.2 Å². The first-order valence-electron chi connectivity index (χ1n) is 6.64. The lowest BCUT2D eigenvalue weighted by Crippen LogP contribution is -2.50. The molecule has 1 atom stereocenters. The molecule has 106 valence electrons. The summed E-state index contributed by atoms with van der Waals surface area (Å²) in [4.78, 5) is 23.5. The third kappa shape index (κ3) is 2.34. The van der Waals surface area contributed by atoms with Gasteiger partial charge in [-0.15, -0.1) is 0 Å². The zero-order valence-electron chi connectivity index (χ0n) is 11.2.